The first-order valence-corrected chi connectivity index (χ1v) is 10.6. The van der Waals surface area contributed by atoms with Crippen molar-refractivity contribution in [1.29, 1.82) is 0 Å². The van der Waals surface area contributed by atoms with Gasteiger partial charge >= 0.3 is 0 Å². The number of thiophene rings is 1. The number of benzene rings is 1. The van der Waals surface area contributed by atoms with Crippen LogP contribution in [0.3, 0.4) is 0 Å². The predicted molar refractivity (Wildman–Crippen MR) is 129 cm³/mol. The van der Waals surface area contributed by atoms with Gasteiger partial charge < -0.3 is 15.4 Å². The third-order valence-corrected chi connectivity index (χ3v) is 5.81. The highest BCUT2D eigenvalue weighted by molar-refractivity contribution is 14.0. The van der Waals surface area contributed by atoms with Gasteiger partial charge in [-0.2, -0.15) is 0 Å². The van der Waals surface area contributed by atoms with Crippen LogP contribution in [-0.2, 0) is 11.3 Å². The van der Waals surface area contributed by atoms with E-state index in [0.717, 1.165) is 45.4 Å². The van der Waals surface area contributed by atoms with Crippen LogP contribution in [0.25, 0.3) is 0 Å². The molecule has 1 aliphatic heterocycles. The Morgan fingerprint density at radius 2 is 1.96 bits per heavy atom. The smallest absolute Gasteiger partial charge is 0.191 e. The van der Waals surface area contributed by atoms with Crippen LogP contribution in [0.4, 0.5) is 0 Å². The van der Waals surface area contributed by atoms with Crippen LogP contribution in [-0.4, -0.2) is 50.3 Å². The fourth-order valence-corrected chi connectivity index (χ4v) is 4.13. The van der Waals surface area contributed by atoms with Gasteiger partial charge in [0.15, 0.2) is 5.96 Å². The number of morpholine rings is 1. The Morgan fingerprint density at radius 1 is 1.18 bits per heavy atom. The minimum absolute atomic E-state index is 0. The number of aliphatic imine (C=N–C) groups is 1. The van der Waals surface area contributed by atoms with Crippen molar-refractivity contribution in [2.24, 2.45) is 4.99 Å². The number of hydrogen-bond donors (Lipinski definition) is 2. The SMILES string of the molecule is CCNC(=NCc1ccccc1C)NCC(c1cccs1)N1CCOCC1.I. The molecule has 1 unspecified atom stereocenters. The Morgan fingerprint density at radius 3 is 2.64 bits per heavy atom. The molecule has 1 saturated heterocycles. The third kappa shape index (κ3) is 6.72. The van der Waals surface area contributed by atoms with Crippen LogP contribution in [0, 0.1) is 6.92 Å². The molecule has 154 valence electrons. The maximum absolute atomic E-state index is 5.54. The Kier molecular flexibility index (Phi) is 10.3. The number of aryl methyl sites for hydroxylation is 1. The molecule has 0 bridgehead atoms. The lowest BCUT2D eigenvalue weighted by Crippen LogP contribution is -2.46. The molecule has 1 atom stereocenters. The molecule has 0 spiro atoms. The fraction of sp³-hybridized carbons (Fsp3) is 0.476. The molecule has 2 heterocycles. The molecule has 0 amide bonds. The van der Waals surface area contributed by atoms with Gasteiger partial charge in [-0.15, -0.1) is 35.3 Å². The predicted octanol–water partition coefficient (Wildman–Crippen LogP) is 3.80. The Bertz CT molecular complexity index is 717. The molecule has 2 aromatic rings. The number of nitrogens with zero attached hydrogens (tertiary/aromatic N) is 2. The maximum Gasteiger partial charge on any atom is 0.191 e. The van der Waals surface area contributed by atoms with E-state index in [9.17, 15) is 0 Å². The summed E-state index contributed by atoms with van der Waals surface area (Å²) in [4.78, 5) is 8.69. The second kappa shape index (κ2) is 12.4. The first-order valence-electron chi connectivity index (χ1n) is 9.70. The number of hydrogen-bond acceptors (Lipinski definition) is 4. The Balaban J connectivity index is 0.00000280. The number of halogens is 1. The Labute approximate surface area is 189 Å². The molecule has 0 radical (unpaired) electrons. The molecule has 28 heavy (non-hydrogen) atoms. The van der Waals surface area contributed by atoms with E-state index in [1.54, 1.807) is 0 Å². The van der Waals surface area contributed by atoms with Crippen LogP contribution < -0.4 is 10.6 Å². The molecular weight excluding hydrogens is 483 g/mol. The molecule has 1 aromatic carbocycles. The zero-order valence-corrected chi connectivity index (χ0v) is 19.8. The summed E-state index contributed by atoms with van der Waals surface area (Å²) < 4.78 is 5.54. The van der Waals surface area contributed by atoms with Gasteiger partial charge in [0.05, 0.1) is 25.8 Å². The van der Waals surface area contributed by atoms with E-state index in [0.29, 0.717) is 12.6 Å². The van der Waals surface area contributed by atoms with E-state index in [4.69, 9.17) is 9.73 Å². The monoisotopic (exact) mass is 514 g/mol. The molecule has 0 aliphatic carbocycles. The second-order valence-corrected chi connectivity index (χ2v) is 7.66. The lowest BCUT2D eigenvalue weighted by molar-refractivity contribution is 0.0177. The van der Waals surface area contributed by atoms with Crippen LogP contribution in [0.2, 0.25) is 0 Å². The number of ether oxygens (including phenoxy) is 1. The average molecular weight is 514 g/mol. The van der Waals surface area contributed by atoms with Crippen LogP contribution >= 0.6 is 35.3 Å². The van der Waals surface area contributed by atoms with Gasteiger partial charge in [0.1, 0.15) is 0 Å². The molecular formula is C21H31IN4OS. The van der Waals surface area contributed by atoms with Crippen LogP contribution in [0.15, 0.2) is 46.8 Å². The van der Waals surface area contributed by atoms with Gasteiger partial charge in [-0.25, -0.2) is 4.99 Å². The molecule has 2 N–H and O–H groups in total. The van der Waals surface area contributed by atoms with Crippen LogP contribution in [0.5, 0.6) is 0 Å². The van der Waals surface area contributed by atoms with Gasteiger partial charge in [-0.3, -0.25) is 4.90 Å². The largest absolute Gasteiger partial charge is 0.379 e. The first kappa shape index (κ1) is 23.1. The summed E-state index contributed by atoms with van der Waals surface area (Å²) in [6, 6.07) is 13.1. The normalized spacial score (nSPS) is 16.3. The van der Waals surface area contributed by atoms with E-state index in [1.807, 2.05) is 11.3 Å². The maximum atomic E-state index is 5.54. The highest BCUT2D eigenvalue weighted by Crippen LogP contribution is 2.25. The van der Waals surface area contributed by atoms with Crippen molar-refractivity contribution in [3.8, 4) is 0 Å². The van der Waals surface area contributed by atoms with E-state index in [-0.39, 0.29) is 24.0 Å². The molecule has 1 fully saturated rings. The van der Waals surface area contributed by atoms with Crippen molar-refractivity contribution in [1.82, 2.24) is 15.5 Å². The van der Waals surface area contributed by atoms with Crippen molar-refractivity contribution in [3.63, 3.8) is 0 Å². The number of rotatable bonds is 7. The standard InChI is InChI=1S/C21H30N4OS.HI/c1-3-22-21(23-15-18-8-5-4-7-17(18)2)24-16-19(20-9-6-14-27-20)25-10-12-26-13-11-25;/h4-9,14,19H,3,10-13,15-16H2,1-2H3,(H2,22,23,24);1H. The lowest BCUT2D eigenvalue weighted by atomic mass is 10.1. The van der Waals surface area contributed by atoms with Crippen molar-refractivity contribution >= 4 is 41.3 Å². The summed E-state index contributed by atoms with van der Waals surface area (Å²) in [6.07, 6.45) is 0. The number of nitrogens with one attached hydrogen (secondary N) is 2. The van der Waals surface area contributed by atoms with Gasteiger partial charge in [-0.1, -0.05) is 30.3 Å². The van der Waals surface area contributed by atoms with Crippen molar-refractivity contribution in [3.05, 3.63) is 57.8 Å². The van der Waals surface area contributed by atoms with Crippen LogP contribution in [0.1, 0.15) is 29.0 Å². The zero-order chi connectivity index (χ0) is 18.9. The molecule has 0 saturated carbocycles. The minimum Gasteiger partial charge on any atom is -0.379 e. The Hall–Kier alpha value is -1.16. The number of guanidine groups is 1. The average Bonchev–Trinajstić information content (AvgIpc) is 3.22. The zero-order valence-electron chi connectivity index (χ0n) is 16.7. The fourth-order valence-electron chi connectivity index (χ4n) is 3.27. The first-order chi connectivity index (χ1) is 13.3. The van der Waals surface area contributed by atoms with E-state index < -0.39 is 0 Å². The summed E-state index contributed by atoms with van der Waals surface area (Å²) in [6.45, 7) is 10.2. The quantitative estimate of drug-likeness (QED) is 0.335. The van der Waals surface area contributed by atoms with Gasteiger partial charge in [0, 0.05) is 31.1 Å². The summed E-state index contributed by atoms with van der Waals surface area (Å²) in [7, 11) is 0. The second-order valence-electron chi connectivity index (χ2n) is 6.68. The van der Waals surface area contributed by atoms with E-state index >= 15 is 0 Å². The van der Waals surface area contributed by atoms with Gasteiger partial charge in [-0.05, 0) is 36.4 Å². The lowest BCUT2D eigenvalue weighted by Gasteiger charge is -2.34. The van der Waals surface area contributed by atoms with Crippen molar-refractivity contribution < 1.29 is 4.74 Å². The van der Waals surface area contributed by atoms with Crippen molar-refractivity contribution in [2.75, 3.05) is 39.4 Å². The third-order valence-electron chi connectivity index (χ3n) is 4.83. The molecule has 1 aromatic heterocycles. The van der Waals surface area contributed by atoms with E-state index in [1.165, 1.54) is 16.0 Å². The topological polar surface area (TPSA) is 48.9 Å². The molecule has 1 aliphatic rings. The van der Waals surface area contributed by atoms with Gasteiger partial charge in [0.25, 0.3) is 0 Å². The molecule has 5 nitrogen and oxygen atoms in total. The summed E-state index contributed by atoms with van der Waals surface area (Å²) in [5.41, 5.74) is 2.54. The summed E-state index contributed by atoms with van der Waals surface area (Å²) >= 11 is 1.82. The summed E-state index contributed by atoms with van der Waals surface area (Å²) in [5.74, 6) is 0.871. The minimum atomic E-state index is 0. The van der Waals surface area contributed by atoms with Gasteiger partial charge in [0.2, 0.25) is 0 Å². The summed E-state index contributed by atoms with van der Waals surface area (Å²) in [5, 5.41) is 9.09. The van der Waals surface area contributed by atoms with Crippen molar-refractivity contribution in [2.45, 2.75) is 26.4 Å². The molecule has 3 rings (SSSR count). The highest BCUT2D eigenvalue weighted by Gasteiger charge is 2.23. The molecule has 7 heteroatoms. The van der Waals surface area contributed by atoms with E-state index in [2.05, 4.69) is 71.2 Å². The highest BCUT2D eigenvalue weighted by atomic mass is 127.